The van der Waals surface area contributed by atoms with E-state index in [0.29, 0.717) is 5.69 Å². The lowest BCUT2D eigenvalue weighted by Gasteiger charge is -2.47. The molecule has 0 saturated heterocycles. The van der Waals surface area contributed by atoms with Gasteiger partial charge in [0.05, 0.1) is 55.4 Å². The Morgan fingerprint density at radius 3 is 0.863 bits per heavy atom. The molecule has 3 aromatic heterocycles. The number of anilines is 6. The average molecular weight is 1620 g/mol. The molecule has 6 heteroatoms. The Labute approximate surface area is 745 Å². The van der Waals surface area contributed by atoms with Crippen LogP contribution in [0.4, 0.5) is 34.1 Å². The first kappa shape index (κ1) is 70.9. The van der Waals surface area contributed by atoms with E-state index in [1.165, 1.54) is 27.8 Å². The highest BCUT2D eigenvalue weighted by molar-refractivity contribution is 7.00. The molecular formula is C118H114BN5. The summed E-state index contributed by atoms with van der Waals surface area (Å²) in [7, 11) is 0. The second-order valence-electron chi connectivity index (χ2n) is 42.1. The van der Waals surface area contributed by atoms with Gasteiger partial charge in [-0.25, -0.2) is 0 Å². The van der Waals surface area contributed by atoms with Crippen molar-refractivity contribution in [2.45, 2.75) is 183 Å². The van der Waals surface area contributed by atoms with Crippen LogP contribution in [0.25, 0.3) is 127 Å². The molecule has 5 heterocycles. The summed E-state index contributed by atoms with van der Waals surface area (Å²) in [6.07, 6.45) is 0. The van der Waals surface area contributed by atoms with E-state index < -0.39 is 48.4 Å². The molecule has 0 N–H and O–H groups in total. The molecule has 0 fully saturated rings. The van der Waals surface area contributed by atoms with E-state index in [4.69, 9.17) is 0 Å². The molecule has 0 spiro atoms. The van der Waals surface area contributed by atoms with E-state index in [-0.39, 0.29) is 66.4 Å². The molecule has 0 saturated carbocycles. The minimum atomic E-state index is -0.560. The van der Waals surface area contributed by atoms with E-state index in [1.807, 2.05) is 6.07 Å². The van der Waals surface area contributed by atoms with Gasteiger partial charge in [0.25, 0.3) is 6.71 Å². The zero-order chi connectivity index (χ0) is 93.5. The Morgan fingerprint density at radius 1 is 0.226 bits per heavy atom. The van der Waals surface area contributed by atoms with E-state index in [2.05, 4.69) is 419 Å². The second-order valence-corrected chi connectivity index (χ2v) is 42.1. The highest BCUT2D eigenvalue weighted by atomic mass is 15.2. The Kier molecular flexibility index (Phi) is 16.3. The van der Waals surface area contributed by atoms with Crippen molar-refractivity contribution in [2.24, 2.45) is 0 Å². The van der Waals surface area contributed by atoms with Crippen molar-refractivity contribution in [3.05, 3.63) is 348 Å². The Hall–Kier alpha value is -12.6. The third kappa shape index (κ3) is 13.2. The molecule has 2 aliphatic heterocycles. The van der Waals surface area contributed by atoms with Crippen molar-refractivity contribution in [1.82, 2.24) is 13.7 Å². The van der Waals surface area contributed by atoms with Gasteiger partial charge in [-0.2, -0.15) is 0 Å². The molecule has 0 atom stereocenters. The zero-order valence-electron chi connectivity index (χ0n) is 83.6. The Bertz CT molecular complexity index is 7620. The number of fused-ring (bicyclic) bond motifs is 13. The third-order valence-corrected chi connectivity index (χ3v) is 26.6. The molecular weight excluding hydrogens is 1500 g/mol. The molecule has 614 valence electrons. The fourth-order valence-electron chi connectivity index (χ4n) is 19.5. The lowest BCUT2D eigenvalue weighted by molar-refractivity contribution is 0.589. The van der Waals surface area contributed by atoms with Crippen molar-refractivity contribution >= 4 is 123 Å². The van der Waals surface area contributed by atoms with Gasteiger partial charge in [0.2, 0.25) is 0 Å². The standard InChI is InChI=1S/C118H114BN5/c1-112(2,3)77-51-43-73(44-52-77)91-63-81(116(13,14)15)64-92(74-45-53-78(54-46-74)113(4,5)6)110(91)123-105-69-85(121-99-39-29-25-35-87(99)88-36-26-30-40-100(88)121)59-61-97(105)119-98-62-60-86(122-102-42-32-28-38-90(102)96-71-103-95(72-104(96)122)89-37-27-31-41-101(89)120(103)84-33-23-22-24-34-84)70-106(98)124(108-68-83(118(19,20)21)67-107(123)109(108)119)111-93(75-47-55-79(56-48-75)114(7,8)9)65-82(117(16,17)18)66-94(111)76-49-57-80(58-50-76)115(10,11)12/h22-72H,1-21H3/i25D,26D,29D,30D,35D,36D,39D,40D. The SMILES string of the molecule is [2H]c1c([2H])c([2H])c2c(c1[2H])c1c([2H])c([2H])c([2H])c([2H])c1n2-c1ccc2c(c1)N(c1c(-c3ccc(C(C)(C)C)cc3)cc(C(C)(C)C)cc1-c1ccc(C(C)(C)C)cc1)c1cc(C(C)(C)C)cc3c1B2c1ccc(-n2c4ccccc4c4cc5c(cc42)c2ccccc2n5-c2ccccc2)cc1N3c1c(-c2ccc(C(C)(C)C)cc2)cc(C(C)(C)C)cc1-c1ccc(C(C)(C)C)cc1. The Morgan fingerprint density at radius 2 is 0.524 bits per heavy atom. The smallest absolute Gasteiger partial charge is 0.252 e. The van der Waals surface area contributed by atoms with Gasteiger partial charge in [0.1, 0.15) is 0 Å². The summed E-state index contributed by atoms with van der Waals surface area (Å²) in [5.74, 6) is 0. The van der Waals surface area contributed by atoms with Crippen LogP contribution < -0.4 is 26.2 Å². The van der Waals surface area contributed by atoms with E-state index in [9.17, 15) is 11.0 Å². The van der Waals surface area contributed by atoms with Gasteiger partial charge in [-0.15, -0.1) is 0 Å². The summed E-state index contributed by atoms with van der Waals surface area (Å²) >= 11 is 0. The quantitative estimate of drug-likeness (QED) is 0.134. The lowest BCUT2D eigenvalue weighted by Crippen LogP contribution is -2.61. The van der Waals surface area contributed by atoms with Gasteiger partial charge in [0.15, 0.2) is 0 Å². The maximum atomic E-state index is 10.1. The molecule has 0 unspecified atom stereocenters. The average Bonchev–Trinajstić information content (AvgIpc) is 0.868. The van der Waals surface area contributed by atoms with E-state index >= 15 is 0 Å². The fraction of sp³-hybridized carbons (Fsp3) is 0.237. The first-order valence-electron chi connectivity index (χ1n) is 48.2. The Balaban J connectivity index is 0.996. The molecule has 0 bridgehead atoms. The summed E-state index contributed by atoms with van der Waals surface area (Å²) in [6, 6.07) is 95.1. The van der Waals surface area contributed by atoms with Crippen molar-refractivity contribution in [3.8, 4) is 61.6 Å². The molecule has 0 radical (unpaired) electrons. The van der Waals surface area contributed by atoms with E-state index in [0.717, 1.165) is 161 Å². The van der Waals surface area contributed by atoms with Gasteiger partial charge in [-0.05, 0) is 225 Å². The van der Waals surface area contributed by atoms with Crippen LogP contribution in [0.15, 0.2) is 309 Å². The van der Waals surface area contributed by atoms with Gasteiger partial charge in [-0.3, -0.25) is 0 Å². The monoisotopic (exact) mass is 1620 g/mol. The highest BCUT2D eigenvalue weighted by Gasteiger charge is 2.47. The summed E-state index contributed by atoms with van der Waals surface area (Å²) in [6.45, 7) is 47.6. The van der Waals surface area contributed by atoms with Crippen LogP contribution in [0.1, 0.15) is 195 Å². The predicted molar refractivity (Wildman–Crippen MR) is 536 cm³/mol. The van der Waals surface area contributed by atoms with Gasteiger partial charge < -0.3 is 23.5 Å². The van der Waals surface area contributed by atoms with Crippen LogP contribution >= 0.6 is 0 Å². The number of benzene rings is 15. The van der Waals surface area contributed by atoms with Crippen LogP contribution in [-0.2, 0) is 37.9 Å². The maximum Gasteiger partial charge on any atom is 0.252 e. The molecule has 0 amide bonds. The fourth-order valence-corrected chi connectivity index (χ4v) is 19.5. The first-order valence-corrected chi connectivity index (χ1v) is 44.2. The topological polar surface area (TPSA) is 21.3 Å². The van der Waals surface area contributed by atoms with Crippen molar-refractivity contribution in [3.63, 3.8) is 0 Å². The second kappa shape index (κ2) is 28.5. The summed E-state index contributed by atoms with van der Waals surface area (Å²) in [5.41, 5.74) is 30.0. The van der Waals surface area contributed by atoms with Gasteiger partial charge in [-0.1, -0.05) is 345 Å². The summed E-state index contributed by atoms with van der Waals surface area (Å²) in [5, 5.41) is 4.55. The minimum absolute atomic E-state index is 0.00964. The predicted octanol–water partition coefficient (Wildman–Crippen LogP) is 30.8. The van der Waals surface area contributed by atoms with Gasteiger partial charge >= 0.3 is 0 Å². The number of hydrogen-bond acceptors (Lipinski definition) is 2. The van der Waals surface area contributed by atoms with Crippen LogP contribution in [0.5, 0.6) is 0 Å². The zero-order valence-corrected chi connectivity index (χ0v) is 75.6. The molecule has 5 nitrogen and oxygen atoms in total. The normalized spacial score (nSPS) is 14.4. The molecule has 124 heavy (non-hydrogen) atoms. The van der Waals surface area contributed by atoms with Gasteiger partial charge in [0, 0.05) is 94.4 Å². The van der Waals surface area contributed by atoms with E-state index in [1.54, 1.807) is 4.57 Å². The minimum Gasteiger partial charge on any atom is -0.310 e. The van der Waals surface area contributed by atoms with Crippen LogP contribution in [0.3, 0.4) is 0 Å². The van der Waals surface area contributed by atoms with Crippen LogP contribution in [-0.4, -0.2) is 20.4 Å². The number of aromatic nitrogens is 3. The maximum absolute atomic E-state index is 10.1. The largest absolute Gasteiger partial charge is 0.310 e. The highest BCUT2D eigenvalue weighted by Crippen LogP contribution is 2.57. The molecule has 2 aliphatic rings. The molecule has 20 rings (SSSR count). The lowest BCUT2D eigenvalue weighted by atomic mass is 9.33. The van der Waals surface area contributed by atoms with Crippen LogP contribution in [0, 0.1) is 0 Å². The number of hydrogen-bond donors (Lipinski definition) is 0. The number of nitrogens with zero attached hydrogens (tertiary/aromatic N) is 5. The molecule has 0 aliphatic carbocycles. The van der Waals surface area contributed by atoms with Crippen molar-refractivity contribution in [1.29, 1.82) is 0 Å². The first-order chi connectivity index (χ1) is 62.3. The summed E-state index contributed by atoms with van der Waals surface area (Å²) in [4.78, 5) is 5.20. The summed E-state index contributed by atoms with van der Waals surface area (Å²) < 4.78 is 83.9. The van der Waals surface area contributed by atoms with Crippen molar-refractivity contribution in [2.75, 3.05) is 9.80 Å². The number of rotatable bonds is 9. The molecule has 18 aromatic rings. The third-order valence-electron chi connectivity index (χ3n) is 26.6. The molecule has 15 aromatic carbocycles. The van der Waals surface area contributed by atoms with Crippen LogP contribution in [0.2, 0.25) is 0 Å². The number of para-hydroxylation sites is 5. The van der Waals surface area contributed by atoms with Crippen molar-refractivity contribution < 1.29 is 11.0 Å².